The van der Waals surface area contributed by atoms with Gasteiger partial charge in [0.15, 0.2) is 0 Å². The van der Waals surface area contributed by atoms with Crippen molar-refractivity contribution < 1.29 is 4.79 Å². The van der Waals surface area contributed by atoms with Gasteiger partial charge in [-0.3, -0.25) is 9.79 Å². The number of para-hydroxylation sites is 2. The molecule has 0 bridgehead atoms. The first-order valence-electron chi connectivity index (χ1n) is 8.02. The zero-order valence-corrected chi connectivity index (χ0v) is 13.6. The fraction of sp³-hybridized carbons (Fsp3) is 0.300. The maximum Gasteiger partial charge on any atom is 0.233 e. The molecule has 1 aliphatic rings. The van der Waals surface area contributed by atoms with Gasteiger partial charge in [-0.2, -0.15) is 0 Å². The summed E-state index contributed by atoms with van der Waals surface area (Å²) in [6.45, 7) is 4.40. The van der Waals surface area contributed by atoms with E-state index in [2.05, 4.69) is 19.2 Å². The summed E-state index contributed by atoms with van der Waals surface area (Å²) in [5.41, 5.74) is 2.83. The molecule has 3 rings (SSSR count). The number of hydrogen-bond donors (Lipinski definition) is 1. The second kappa shape index (κ2) is 6.37. The van der Waals surface area contributed by atoms with Crippen LogP contribution in [0.15, 0.2) is 65.7 Å². The minimum Gasteiger partial charge on any atom is -0.326 e. The van der Waals surface area contributed by atoms with Gasteiger partial charge in [0, 0.05) is 11.4 Å². The van der Waals surface area contributed by atoms with Crippen LogP contribution in [0.1, 0.15) is 26.7 Å². The van der Waals surface area contributed by atoms with Crippen molar-refractivity contribution in [3.63, 3.8) is 0 Å². The highest BCUT2D eigenvalue weighted by molar-refractivity contribution is 6.11. The minimum absolute atomic E-state index is 0.0384. The Morgan fingerprint density at radius 1 is 1.04 bits per heavy atom. The van der Waals surface area contributed by atoms with Crippen LogP contribution in [0.2, 0.25) is 0 Å². The lowest BCUT2D eigenvalue weighted by Gasteiger charge is -2.16. The lowest BCUT2D eigenvalue weighted by Crippen LogP contribution is -2.26. The number of nitrogens with one attached hydrogen (secondary N) is 1. The van der Waals surface area contributed by atoms with Gasteiger partial charge in [-0.15, -0.1) is 0 Å². The largest absolute Gasteiger partial charge is 0.326 e. The van der Waals surface area contributed by atoms with E-state index in [9.17, 15) is 4.79 Å². The molecule has 0 heterocycles. The number of hydrogen-bond acceptors (Lipinski definition) is 2. The van der Waals surface area contributed by atoms with Crippen molar-refractivity contribution in [3.05, 3.63) is 60.7 Å². The van der Waals surface area contributed by atoms with Gasteiger partial charge in [-0.1, -0.05) is 50.2 Å². The number of amides is 1. The van der Waals surface area contributed by atoms with E-state index in [1.165, 1.54) is 0 Å². The van der Waals surface area contributed by atoms with Gasteiger partial charge in [0.2, 0.25) is 5.91 Å². The fourth-order valence-electron chi connectivity index (χ4n) is 3.14. The minimum atomic E-state index is -0.162. The molecule has 1 N–H and O–H groups in total. The Balaban J connectivity index is 1.83. The number of carbonyl (C=O) groups excluding carboxylic acids is 1. The molecule has 118 valence electrons. The van der Waals surface area contributed by atoms with Crippen LogP contribution >= 0.6 is 0 Å². The van der Waals surface area contributed by atoms with E-state index in [0.29, 0.717) is 0 Å². The topological polar surface area (TPSA) is 41.5 Å². The van der Waals surface area contributed by atoms with E-state index >= 15 is 0 Å². The van der Waals surface area contributed by atoms with E-state index < -0.39 is 0 Å². The Morgan fingerprint density at radius 3 is 2.30 bits per heavy atom. The molecule has 1 atom stereocenters. The Labute approximate surface area is 137 Å². The Kier molecular flexibility index (Phi) is 4.28. The number of benzene rings is 2. The molecule has 0 aliphatic heterocycles. The molecule has 0 aromatic heterocycles. The summed E-state index contributed by atoms with van der Waals surface area (Å²) in [6, 6.07) is 19.5. The van der Waals surface area contributed by atoms with E-state index in [1.807, 2.05) is 60.7 Å². The van der Waals surface area contributed by atoms with Crippen LogP contribution in [0.4, 0.5) is 11.4 Å². The lowest BCUT2D eigenvalue weighted by molar-refractivity contribution is -0.118. The van der Waals surface area contributed by atoms with Gasteiger partial charge in [-0.25, -0.2) is 0 Å². The average Bonchev–Trinajstić information content (AvgIpc) is 2.84. The number of carbonyl (C=O) groups is 1. The quantitative estimate of drug-likeness (QED) is 0.866. The first-order chi connectivity index (χ1) is 11.0. The van der Waals surface area contributed by atoms with Crippen LogP contribution < -0.4 is 5.32 Å². The Hall–Kier alpha value is -2.42. The van der Waals surface area contributed by atoms with Gasteiger partial charge < -0.3 is 5.32 Å². The molecular formula is C20H22N2O. The smallest absolute Gasteiger partial charge is 0.233 e. The summed E-state index contributed by atoms with van der Waals surface area (Å²) >= 11 is 0. The van der Waals surface area contributed by atoms with E-state index in [-0.39, 0.29) is 17.2 Å². The standard InChI is InChI=1S/C20H22N2O/c1-20(2)13-17(19(23)22-16-11-7-4-8-12-16)18(14-20)21-15-9-5-3-6-10-15/h3-12,17H,13-14H2,1-2H3,(H,22,23). The van der Waals surface area contributed by atoms with Crippen LogP contribution in [0, 0.1) is 11.3 Å². The second-order valence-corrected chi connectivity index (χ2v) is 6.89. The molecule has 0 spiro atoms. The highest BCUT2D eigenvalue weighted by atomic mass is 16.1. The highest BCUT2D eigenvalue weighted by Crippen LogP contribution is 2.40. The molecular weight excluding hydrogens is 284 g/mol. The summed E-state index contributed by atoms with van der Waals surface area (Å²) in [5, 5.41) is 3.02. The van der Waals surface area contributed by atoms with Crippen LogP contribution in [-0.2, 0) is 4.79 Å². The van der Waals surface area contributed by atoms with Crippen LogP contribution in [0.25, 0.3) is 0 Å². The molecule has 1 saturated carbocycles. The zero-order chi connectivity index (χ0) is 16.3. The highest BCUT2D eigenvalue weighted by Gasteiger charge is 2.40. The molecule has 1 unspecified atom stereocenters. The average molecular weight is 306 g/mol. The molecule has 3 heteroatoms. The normalized spacial score (nSPS) is 21.3. The van der Waals surface area contributed by atoms with Crippen LogP contribution in [0.5, 0.6) is 0 Å². The molecule has 2 aromatic rings. The van der Waals surface area contributed by atoms with Crippen LogP contribution in [0.3, 0.4) is 0 Å². The zero-order valence-electron chi connectivity index (χ0n) is 13.6. The molecule has 1 amide bonds. The number of anilines is 1. The predicted molar refractivity (Wildman–Crippen MR) is 95.1 cm³/mol. The molecule has 23 heavy (non-hydrogen) atoms. The summed E-state index contributed by atoms with van der Waals surface area (Å²) < 4.78 is 0. The fourth-order valence-corrected chi connectivity index (χ4v) is 3.14. The molecule has 0 radical (unpaired) electrons. The van der Waals surface area contributed by atoms with Crippen molar-refractivity contribution in [2.75, 3.05) is 5.32 Å². The van der Waals surface area contributed by atoms with E-state index in [0.717, 1.165) is 29.9 Å². The van der Waals surface area contributed by atoms with Crippen LogP contribution in [-0.4, -0.2) is 11.6 Å². The summed E-state index contributed by atoms with van der Waals surface area (Å²) in [7, 11) is 0. The SMILES string of the molecule is CC1(C)CC(=Nc2ccccc2)C(C(=O)Nc2ccccc2)C1. The molecule has 1 aliphatic carbocycles. The maximum atomic E-state index is 12.7. The lowest BCUT2D eigenvalue weighted by atomic mass is 9.90. The van der Waals surface area contributed by atoms with Gasteiger partial charge >= 0.3 is 0 Å². The maximum absolute atomic E-state index is 12.7. The monoisotopic (exact) mass is 306 g/mol. The van der Waals surface area contributed by atoms with E-state index in [4.69, 9.17) is 4.99 Å². The van der Waals surface area contributed by atoms with Crippen molar-refractivity contribution in [2.24, 2.45) is 16.3 Å². The Bertz CT molecular complexity index is 705. The van der Waals surface area contributed by atoms with Crippen molar-refractivity contribution in [2.45, 2.75) is 26.7 Å². The molecule has 1 fully saturated rings. The number of rotatable bonds is 3. The van der Waals surface area contributed by atoms with Gasteiger partial charge in [0.1, 0.15) is 0 Å². The van der Waals surface area contributed by atoms with Gasteiger partial charge in [-0.05, 0) is 42.5 Å². The van der Waals surface area contributed by atoms with Crippen molar-refractivity contribution >= 4 is 23.0 Å². The first-order valence-corrected chi connectivity index (χ1v) is 8.02. The van der Waals surface area contributed by atoms with Crippen molar-refractivity contribution in [1.82, 2.24) is 0 Å². The van der Waals surface area contributed by atoms with Crippen molar-refractivity contribution in [3.8, 4) is 0 Å². The number of nitrogens with zero attached hydrogens (tertiary/aromatic N) is 1. The summed E-state index contributed by atoms with van der Waals surface area (Å²) in [6.07, 6.45) is 1.69. The Morgan fingerprint density at radius 2 is 1.65 bits per heavy atom. The molecule has 2 aromatic carbocycles. The third-order valence-corrected chi connectivity index (χ3v) is 4.21. The van der Waals surface area contributed by atoms with E-state index in [1.54, 1.807) is 0 Å². The first kappa shape index (κ1) is 15.5. The summed E-state index contributed by atoms with van der Waals surface area (Å²) in [4.78, 5) is 17.5. The third kappa shape index (κ3) is 3.86. The second-order valence-electron chi connectivity index (χ2n) is 6.89. The molecule has 3 nitrogen and oxygen atoms in total. The summed E-state index contributed by atoms with van der Waals surface area (Å²) in [5.74, 6) is -0.123. The predicted octanol–water partition coefficient (Wildman–Crippen LogP) is 4.83. The number of aliphatic imine (C=N–C) groups is 1. The molecule has 0 saturated heterocycles. The van der Waals surface area contributed by atoms with Gasteiger partial charge in [0.05, 0.1) is 11.6 Å². The van der Waals surface area contributed by atoms with Gasteiger partial charge in [0.25, 0.3) is 0 Å². The third-order valence-electron chi connectivity index (χ3n) is 4.21. The van der Waals surface area contributed by atoms with Crippen molar-refractivity contribution in [1.29, 1.82) is 0 Å².